The summed E-state index contributed by atoms with van der Waals surface area (Å²) >= 11 is 0. The summed E-state index contributed by atoms with van der Waals surface area (Å²) in [4.78, 5) is 2.23. The summed E-state index contributed by atoms with van der Waals surface area (Å²) < 4.78 is 0. The van der Waals surface area contributed by atoms with E-state index in [1.54, 1.807) is 0 Å². The van der Waals surface area contributed by atoms with Gasteiger partial charge in [-0.1, -0.05) is 13.8 Å². The van der Waals surface area contributed by atoms with Crippen molar-refractivity contribution >= 4 is 11.4 Å². The third-order valence-electron chi connectivity index (χ3n) is 2.53. The van der Waals surface area contributed by atoms with E-state index in [1.807, 2.05) is 19.1 Å². The third kappa shape index (κ3) is 4.36. The Labute approximate surface area is 104 Å². The van der Waals surface area contributed by atoms with E-state index in [0.29, 0.717) is 12.3 Å². The van der Waals surface area contributed by atoms with Gasteiger partial charge in [0.25, 0.3) is 0 Å². The van der Waals surface area contributed by atoms with Crippen LogP contribution in [-0.4, -0.2) is 13.1 Å². The normalized spacial score (nSPS) is 10.3. The summed E-state index contributed by atoms with van der Waals surface area (Å²) in [5, 5.41) is 8.70. The van der Waals surface area contributed by atoms with E-state index in [-0.39, 0.29) is 0 Å². The highest BCUT2D eigenvalue weighted by Crippen LogP contribution is 2.21. The van der Waals surface area contributed by atoms with Crippen LogP contribution in [0.25, 0.3) is 0 Å². The molecule has 1 aromatic carbocycles. The first-order valence-corrected chi connectivity index (χ1v) is 6.02. The van der Waals surface area contributed by atoms with E-state index in [4.69, 9.17) is 11.0 Å². The number of nitrogens with zero attached hydrogens (tertiary/aromatic N) is 2. The van der Waals surface area contributed by atoms with Crippen LogP contribution in [-0.2, 0) is 0 Å². The van der Waals surface area contributed by atoms with Crippen molar-refractivity contribution in [3.05, 3.63) is 23.8 Å². The van der Waals surface area contributed by atoms with E-state index < -0.39 is 0 Å². The fraction of sp³-hybridized carbons (Fsp3) is 0.500. The molecule has 0 aromatic heterocycles. The fourth-order valence-corrected chi connectivity index (χ4v) is 1.93. The van der Waals surface area contributed by atoms with Crippen LogP contribution >= 0.6 is 0 Å². The zero-order chi connectivity index (χ0) is 12.8. The second-order valence-electron chi connectivity index (χ2n) is 4.85. The number of anilines is 2. The summed E-state index contributed by atoms with van der Waals surface area (Å²) in [5.74, 6) is 0.565. The standard InChI is InChI=1S/C14H21N3/c1-11(2)10-17(6-4-5-15)14-8-12(3)7-13(16)9-14/h7-9,11H,4,6,10,16H2,1-3H3. The van der Waals surface area contributed by atoms with Gasteiger partial charge in [0.2, 0.25) is 0 Å². The number of nitriles is 1. The maximum atomic E-state index is 8.70. The first-order chi connectivity index (χ1) is 8.02. The molecule has 0 aliphatic heterocycles. The number of hydrogen-bond donors (Lipinski definition) is 1. The lowest BCUT2D eigenvalue weighted by molar-refractivity contribution is 0.612. The van der Waals surface area contributed by atoms with Crippen LogP contribution in [0.2, 0.25) is 0 Å². The van der Waals surface area contributed by atoms with Gasteiger partial charge in [-0.25, -0.2) is 0 Å². The van der Waals surface area contributed by atoms with Gasteiger partial charge in [0.1, 0.15) is 0 Å². The van der Waals surface area contributed by atoms with Gasteiger partial charge >= 0.3 is 0 Å². The van der Waals surface area contributed by atoms with Gasteiger partial charge < -0.3 is 10.6 Å². The molecular formula is C14H21N3. The van der Waals surface area contributed by atoms with Crippen molar-refractivity contribution < 1.29 is 0 Å². The van der Waals surface area contributed by atoms with Crippen molar-refractivity contribution in [1.29, 1.82) is 5.26 Å². The van der Waals surface area contributed by atoms with Crippen molar-refractivity contribution in [3.8, 4) is 6.07 Å². The summed E-state index contributed by atoms with van der Waals surface area (Å²) in [7, 11) is 0. The van der Waals surface area contributed by atoms with Crippen LogP contribution in [0.3, 0.4) is 0 Å². The lowest BCUT2D eigenvalue weighted by Gasteiger charge is -2.26. The monoisotopic (exact) mass is 231 g/mol. The number of hydrogen-bond acceptors (Lipinski definition) is 3. The Morgan fingerprint density at radius 1 is 1.35 bits per heavy atom. The number of aryl methyl sites for hydroxylation is 1. The minimum absolute atomic E-state index is 0.542. The lowest BCUT2D eigenvalue weighted by atomic mass is 10.1. The summed E-state index contributed by atoms with van der Waals surface area (Å²) in [6.45, 7) is 8.11. The number of benzene rings is 1. The van der Waals surface area contributed by atoms with Gasteiger partial charge in [0.05, 0.1) is 12.5 Å². The van der Waals surface area contributed by atoms with Crippen molar-refractivity contribution in [1.82, 2.24) is 0 Å². The highest BCUT2D eigenvalue weighted by molar-refractivity contribution is 5.58. The van der Waals surface area contributed by atoms with Crippen molar-refractivity contribution in [2.24, 2.45) is 5.92 Å². The highest BCUT2D eigenvalue weighted by Gasteiger charge is 2.09. The van der Waals surface area contributed by atoms with Crippen LogP contribution in [0.15, 0.2) is 18.2 Å². The van der Waals surface area contributed by atoms with Crippen LogP contribution in [0.5, 0.6) is 0 Å². The van der Waals surface area contributed by atoms with Gasteiger partial charge in [-0.05, 0) is 36.6 Å². The number of rotatable bonds is 5. The predicted octanol–water partition coefficient (Wildman–Crippen LogP) is 2.95. The van der Waals surface area contributed by atoms with Gasteiger partial charge in [-0.3, -0.25) is 0 Å². The largest absolute Gasteiger partial charge is 0.399 e. The summed E-state index contributed by atoms with van der Waals surface area (Å²) in [6, 6.07) is 8.26. The Bertz CT molecular complexity index is 384. The Hall–Kier alpha value is -1.69. The SMILES string of the molecule is Cc1cc(N)cc(N(CCC#N)CC(C)C)c1. The topological polar surface area (TPSA) is 53.0 Å². The van der Waals surface area contributed by atoms with E-state index >= 15 is 0 Å². The molecule has 0 saturated heterocycles. The maximum absolute atomic E-state index is 8.70. The molecule has 0 radical (unpaired) electrons. The van der Waals surface area contributed by atoms with Crippen LogP contribution in [0.4, 0.5) is 11.4 Å². The molecule has 0 fully saturated rings. The molecule has 0 spiro atoms. The fourth-order valence-electron chi connectivity index (χ4n) is 1.93. The quantitative estimate of drug-likeness (QED) is 0.793. The third-order valence-corrected chi connectivity index (χ3v) is 2.53. The van der Waals surface area contributed by atoms with Crippen molar-refractivity contribution in [2.75, 3.05) is 23.7 Å². The molecule has 17 heavy (non-hydrogen) atoms. The van der Waals surface area contributed by atoms with Crippen LogP contribution in [0.1, 0.15) is 25.8 Å². The molecule has 0 atom stereocenters. The van der Waals surface area contributed by atoms with Crippen LogP contribution < -0.4 is 10.6 Å². The molecule has 1 rings (SSSR count). The van der Waals surface area contributed by atoms with Gasteiger partial charge in [-0.2, -0.15) is 5.26 Å². The zero-order valence-electron chi connectivity index (χ0n) is 10.9. The first kappa shape index (κ1) is 13.4. The molecule has 0 heterocycles. The smallest absolute Gasteiger partial charge is 0.0640 e. The molecule has 0 saturated carbocycles. The molecule has 2 N–H and O–H groups in total. The average molecular weight is 231 g/mol. The molecular weight excluding hydrogens is 210 g/mol. The molecule has 0 unspecified atom stereocenters. The Morgan fingerprint density at radius 3 is 2.59 bits per heavy atom. The van der Waals surface area contributed by atoms with Crippen molar-refractivity contribution in [3.63, 3.8) is 0 Å². The molecule has 3 nitrogen and oxygen atoms in total. The molecule has 0 bridgehead atoms. The lowest BCUT2D eigenvalue weighted by Crippen LogP contribution is -2.28. The summed E-state index contributed by atoms with van der Waals surface area (Å²) in [5.41, 5.74) is 8.92. The molecule has 0 amide bonds. The maximum Gasteiger partial charge on any atom is 0.0640 e. The molecule has 0 aliphatic rings. The van der Waals surface area contributed by atoms with E-state index in [9.17, 15) is 0 Å². The number of nitrogens with two attached hydrogens (primary N) is 1. The molecule has 92 valence electrons. The zero-order valence-corrected chi connectivity index (χ0v) is 10.9. The molecule has 0 aliphatic carbocycles. The van der Waals surface area contributed by atoms with Crippen molar-refractivity contribution in [2.45, 2.75) is 27.2 Å². The Kier molecular flexibility index (Phi) is 4.84. The van der Waals surface area contributed by atoms with E-state index in [1.165, 1.54) is 0 Å². The van der Waals surface area contributed by atoms with E-state index in [2.05, 4.69) is 30.9 Å². The first-order valence-electron chi connectivity index (χ1n) is 6.02. The Morgan fingerprint density at radius 2 is 2.06 bits per heavy atom. The molecule has 1 aromatic rings. The highest BCUT2D eigenvalue weighted by atomic mass is 15.1. The van der Waals surface area contributed by atoms with Gasteiger partial charge in [0.15, 0.2) is 0 Å². The second-order valence-corrected chi connectivity index (χ2v) is 4.85. The Balaban J connectivity index is 2.91. The minimum atomic E-state index is 0.542. The summed E-state index contributed by atoms with van der Waals surface area (Å²) in [6.07, 6.45) is 0.542. The second kappa shape index (κ2) is 6.15. The predicted molar refractivity (Wildman–Crippen MR) is 72.9 cm³/mol. The van der Waals surface area contributed by atoms with Gasteiger partial charge in [-0.15, -0.1) is 0 Å². The van der Waals surface area contributed by atoms with Crippen LogP contribution in [0, 0.1) is 24.2 Å². The minimum Gasteiger partial charge on any atom is -0.399 e. The van der Waals surface area contributed by atoms with E-state index in [0.717, 1.165) is 30.0 Å². The number of nitrogen functional groups attached to an aromatic ring is 1. The average Bonchev–Trinajstić information content (AvgIpc) is 2.22. The van der Waals surface area contributed by atoms with Gasteiger partial charge in [0, 0.05) is 24.5 Å². The molecule has 3 heteroatoms.